The van der Waals surface area contributed by atoms with Crippen molar-refractivity contribution in [1.82, 2.24) is 4.98 Å². The molecule has 0 saturated carbocycles. The second kappa shape index (κ2) is 9.29. The number of halogens is 1. The summed E-state index contributed by atoms with van der Waals surface area (Å²) >= 11 is 6.31. The van der Waals surface area contributed by atoms with Crippen molar-refractivity contribution in [3.8, 4) is 11.5 Å². The lowest BCUT2D eigenvalue weighted by Gasteiger charge is -2.15. The van der Waals surface area contributed by atoms with E-state index in [0.29, 0.717) is 41.0 Å². The number of anilines is 2. The SMILES string of the molecule is CCCOc1c(Cl)cc(C(=O)Nc2ccc(N(C)C)nc2)cc1OCC. The fourth-order valence-corrected chi connectivity index (χ4v) is 2.50. The van der Waals surface area contributed by atoms with E-state index < -0.39 is 0 Å². The molecule has 0 atom stereocenters. The van der Waals surface area contributed by atoms with Gasteiger partial charge in [0.1, 0.15) is 5.82 Å². The second-order valence-electron chi connectivity index (χ2n) is 5.82. The van der Waals surface area contributed by atoms with Crippen molar-refractivity contribution in [2.75, 3.05) is 37.5 Å². The van der Waals surface area contributed by atoms with Gasteiger partial charge >= 0.3 is 0 Å². The average Bonchev–Trinajstić information content (AvgIpc) is 2.61. The van der Waals surface area contributed by atoms with Gasteiger partial charge < -0.3 is 19.7 Å². The highest BCUT2D eigenvalue weighted by molar-refractivity contribution is 6.32. The number of nitrogens with one attached hydrogen (secondary N) is 1. The molecule has 0 unspecified atom stereocenters. The van der Waals surface area contributed by atoms with E-state index in [1.807, 2.05) is 38.9 Å². The van der Waals surface area contributed by atoms with Gasteiger partial charge in [-0.2, -0.15) is 0 Å². The van der Waals surface area contributed by atoms with Crippen LogP contribution in [-0.4, -0.2) is 38.2 Å². The maximum Gasteiger partial charge on any atom is 0.255 e. The minimum Gasteiger partial charge on any atom is -0.490 e. The lowest BCUT2D eigenvalue weighted by Crippen LogP contribution is -2.14. The lowest BCUT2D eigenvalue weighted by molar-refractivity contribution is 0.102. The lowest BCUT2D eigenvalue weighted by atomic mass is 10.1. The Morgan fingerprint density at radius 2 is 2.00 bits per heavy atom. The summed E-state index contributed by atoms with van der Waals surface area (Å²) in [6.45, 7) is 4.84. The number of hydrogen-bond donors (Lipinski definition) is 1. The Labute approximate surface area is 159 Å². The van der Waals surface area contributed by atoms with Crippen LogP contribution in [0.2, 0.25) is 5.02 Å². The fourth-order valence-electron chi connectivity index (χ4n) is 2.23. The van der Waals surface area contributed by atoms with Gasteiger partial charge in [-0.1, -0.05) is 18.5 Å². The Hall–Kier alpha value is -2.47. The van der Waals surface area contributed by atoms with Gasteiger partial charge in [0.15, 0.2) is 11.5 Å². The number of aromatic nitrogens is 1. The first-order valence-electron chi connectivity index (χ1n) is 8.50. The molecule has 1 N–H and O–H groups in total. The van der Waals surface area contributed by atoms with Crippen LogP contribution in [0.15, 0.2) is 30.5 Å². The monoisotopic (exact) mass is 377 g/mol. The van der Waals surface area contributed by atoms with Crippen LogP contribution in [0.4, 0.5) is 11.5 Å². The minimum atomic E-state index is -0.297. The van der Waals surface area contributed by atoms with Crippen LogP contribution in [0.5, 0.6) is 11.5 Å². The molecule has 140 valence electrons. The van der Waals surface area contributed by atoms with E-state index in [1.165, 1.54) is 0 Å². The Morgan fingerprint density at radius 3 is 2.58 bits per heavy atom. The number of benzene rings is 1. The van der Waals surface area contributed by atoms with E-state index in [2.05, 4.69) is 10.3 Å². The number of carbonyl (C=O) groups is 1. The number of carbonyl (C=O) groups excluding carboxylic acids is 1. The van der Waals surface area contributed by atoms with Crippen molar-refractivity contribution in [3.63, 3.8) is 0 Å². The van der Waals surface area contributed by atoms with E-state index >= 15 is 0 Å². The van der Waals surface area contributed by atoms with E-state index in [0.717, 1.165) is 12.2 Å². The molecule has 2 rings (SSSR count). The third kappa shape index (κ3) is 5.02. The van der Waals surface area contributed by atoms with Crippen LogP contribution >= 0.6 is 11.6 Å². The summed E-state index contributed by atoms with van der Waals surface area (Å²) in [6.07, 6.45) is 2.46. The zero-order valence-electron chi connectivity index (χ0n) is 15.5. The largest absolute Gasteiger partial charge is 0.490 e. The maximum absolute atomic E-state index is 12.6. The van der Waals surface area contributed by atoms with E-state index in [9.17, 15) is 4.79 Å². The molecule has 0 bridgehead atoms. The van der Waals surface area contributed by atoms with Gasteiger partial charge in [-0.25, -0.2) is 4.98 Å². The number of pyridine rings is 1. The van der Waals surface area contributed by atoms with Gasteiger partial charge in [-0.15, -0.1) is 0 Å². The fraction of sp³-hybridized carbons (Fsp3) is 0.368. The Bertz CT molecular complexity index is 748. The molecule has 26 heavy (non-hydrogen) atoms. The molecule has 2 aromatic rings. The van der Waals surface area contributed by atoms with Crippen LogP contribution in [-0.2, 0) is 0 Å². The molecule has 0 spiro atoms. The first-order valence-corrected chi connectivity index (χ1v) is 8.87. The number of ether oxygens (including phenoxy) is 2. The normalized spacial score (nSPS) is 10.3. The molecular formula is C19H24ClN3O3. The number of nitrogens with zero attached hydrogens (tertiary/aromatic N) is 2. The first kappa shape index (κ1) is 19.8. The van der Waals surface area contributed by atoms with Gasteiger partial charge in [0, 0.05) is 19.7 Å². The van der Waals surface area contributed by atoms with Crippen molar-refractivity contribution >= 4 is 29.0 Å². The van der Waals surface area contributed by atoms with Gasteiger partial charge in [-0.3, -0.25) is 4.79 Å². The summed E-state index contributed by atoms with van der Waals surface area (Å²) in [7, 11) is 3.81. The number of amides is 1. The molecule has 1 aromatic carbocycles. The molecule has 0 aliphatic carbocycles. The quantitative estimate of drug-likeness (QED) is 0.745. The molecule has 7 heteroatoms. The predicted octanol–water partition coefficient (Wildman–Crippen LogP) is 4.24. The average molecular weight is 378 g/mol. The highest BCUT2D eigenvalue weighted by Gasteiger charge is 2.16. The molecule has 0 radical (unpaired) electrons. The molecule has 0 aliphatic heterocycles. The summed E-state index contributed by atoms with van der Waals surface area (Å²) < 4.78 is 11.2. The summed E-state index contributed by atoms with van der Waals surface area (Å²) in [6, 6.07) is 6.84. The summed E-state index contributed by atoms with van der Waals surface area (Å²) in [5.74, 6) is 1.43. The van der Waals surface area contributed by atoms with Crippen LogP contribution in [0.25, 0.3) is 0 Å². The highest BCUT2D eigenvalue weighted by Crippen LogP contribution is 2.37. The van der Waals surface area contributed by atoms with E-state index in [-0.39, 0.29) is 5.91 Å². The van der Waals surface area contributed by atoms with Crippen molar-refractivity contribution in [2.24, 2.45) is 0 Å². The van der Waals surface area contributed by atoms with Crippen molar-refractivity contribution in [2.45, 2.75) is 20.3 Å². The predicted molar refractivity (Wildman–Crippen MR) is 105 cm³/mol. The molecule has 0 fully saturated rings. The van der Waals surface area contributed by atoms with Gasteiger partial charge in [0.05, 0.1) is 30.1 Å². The minimum absolute atomic E-state index is 0.297. The summed E-state index contributed by atoms with van der Waals surface area (Å²) in [5, 5.41) is 3.15. The van der Waals surface area contributed by atoms with Crippen molar-refractivity contribution < 1.29 is 14.3 Å². The number of hydrogen-bond acceptors (Lipinski definition) is 5. The molecule has 0 saturated heterocycles. The summed E-state index contributed by atoms with van der Waals surface area (Å²) in [5.41, 5.74) is 0.986. The summed E-state index contributed by atoms with van der Waals surface area (Å²) in [4.78, 5) is 18.7. The van der Waals surface area contributed by atoms with E-state index in [1.54, 1.807) is 24.4 Å². The number of rotatable bonds is 8. The molecular weight excluding hydrogens is 354 g/mol. The molecule has 1 amide bonds. The molecule has 1 heterocycles. The Balaban J connectivity index is 2.22. The van der Waals surface area contributed by atoms with Crippen LogP contribution in [0, 0.1) is 0 Å². The zero-order chi connectivity index (χ0) is 19.1. The van der Waals surface area contributed by atoms with Crippen LogP contribution in [0.1, 0.15) is 30.6 Å². The van der Waals surface area contributed by atoms with Crippen molar-refractivity contribution in [1.29, 1.82) is 0 Å². The molecule has 0 aliphatic rings. The zero-order valence-corrected chi connectivity index (χ0v) is 16.3. The van der Waals surface area contributed by atoms with Crippen molar-refractivity contribution in [3.05, 3.63) is 41.0 Å². The van der Waals surface area contributed by atoms with Gasteiger partial charge in [-0.05, 0) is 37.6 Å². The van der Waals surface area contributed by atoms with Gasteiger partial charge in [0.25, 0.3) is 5.91 Å². The maximum atomic E-state index is 12.6. The molecule has 6 nitrogen and oxygen atoms in total. The topological polar surface area (TPSA) is 63.7 Å². The Morgan fingerprint density at radius 1 is 1.23 bits per heavy atom. The molecule has 1 aromatic heterocycles. The van der Waals surface area contributed by atoms with Crippen LogP contribution < -0.4 is 19.7 Å². The third-order valence-electron chi connectivity index (χ3n) is 3.49. The van der Waals surface area contributed by atoms with Crippen LogP contribution in [0.3, 0.4) is 0 Å². The Kier molecular flexibility index (Phi) is 7.09. The highest BCUT2D eigenvalue weighted by atomic mass is 35.5. The van der Waals surface area contributed by atoms with E-state index in [4.69, 9.17) is 21.1 Å². The second-order valence-corrected chi connectivity index (χ2v) is 6.23. The third-order valence-corrected chi connectivity index (χ3v) is 3.77. The first-order chi connectivity index (χ1) is 12.5. The smallest absolute Gasteiger partial charge is 0.255 e. The standard InChI is InChI=1S/C19H24ClN3O3/c1-5-9-26-18-15(20)10-13(11-16(18)25-6-2)19(24)22-14-7-8-17(21-12-14)23(3)4/h7-8,10-12H,5-6,9H2,1-4H3,(H,22,24). The van der Waals surface area contributed by atoms with Gasteiger partial charge in [0.2, 0.25) is 0 Å².